The number of hydrogen-bond donors (Lipinski definition) is 1. The van der Waals surface area contributed by atoms with Crippen molar-refractivity contribution in [3.63, 3.8) is 0 Å². The minimum absolute atomic E-state index is 0.0415. The molecule has 1 N–H and O–H groups in total. The summed E-state index contributed by atoms with van der Waals surface area (Å²) in [5.74, 6) is -0.589. The maximum atomic E-state index is 13.1. The van der Waals surface area contributed by atoms with Crippen LogP contribution in [0.3, 0.4) is 0 Å². The van der Waals surface area contributed by atoms with E-state index < -0.39 is 0 Å². The van der Waals surface area contributed by atoms with Gasteiger partial charge in [-0.05, 0) is 51.0 Å². The molecule has 3 unspecified atom stereocenters. The van der Waals surface area contributed by atoms with Gasteiger partial charge in [0.05, 0.1) is 17.3 Å². The first-order chi connectivity index (χ1) is 16.4. The minimum Gasteiger partial charge on any atom is -0.362 e. The fourth-order valence-electron chi connectivity index (χ4n) is 6.51. The van der Waals surface area contributed by atoms with Crippen LogP contribution in [-0.2, 0) is 9.59 Å². The predicted octanol–water partition coefficient (Wildman–Crippen LogP) is 5.71. The maximum absolute atomic E-state index is 13.1. The molecule has 0 radical (unpaired) electrons. The molecule has 0 saturated heterocycles. The Morgan fingerprint density at radius 3 is 2.47 bits per heavy atom. The van der Waals surface area contributed by atoms with E-state index in [1.807, 2.05) is 0 Å². The van der Waals surface area contributed by atoms with Crippen LogP contribution in [0.5, 0.6) is 0 Å². The van der Waals surface area contributed by atoms with Gasteiger partial charge in [0.25, 0.3) is 11.8 Å². The van der Waals surface area contributed by atoms with Gasteiger partial charge in [-0.3, -0.25) is 14.9 Å². The van der Waals surface area contributed by atoms with Crippen LogP contribution in [0.2, 0.25) is 0 Å². The van der Waals surface area contributed by atoms with Gasteiger partial charge >= 0.3 is 0 Å². The van der Waals surface area contributed by atoms with Crippen LogP contribution in [0.25, 0.3) is 16.5 Å². The Bertz CT molecular complexity index is 1430. The third kappa shape index (κ3) is 2.61. The van der Waals surface area contributed by atoms with Gasteiger partial charge in [-0.1, -0.05) is 49.6 Å². The molecule has 3 atom stereocenters. The predicted molar refractivity (Wildman–Crippen MR) is 136 cm³/mol. The molecule has 1 aliphatic carbocycles. The molecule has 2 aromatic carbocycles. The number of carbonyl (C=O) groups excluding carboxylic acids is 2. The van der Waals surface area contributed by atoms with Gasteiger partial charge in [0, 0.05) is 46.2 Å². The van der Waals surface area contributed by atoms with Crippen molar-refractivity contribution in [3.8, 4) is 0 Å². The van der Waals surface area contributed by atoms with Crippen LogP contribution in [0.15, 0.2) is 42.0 Å². The largest absolute Gasteiger partial charge is 0.362 e. The fraction of sp³-hybridized carbons (Fsp3) is 0.379. The van der Waals surface area contributed by atoms with Crippen molar-refractivity contribution in [3.05, 3.63) is 69.9 Å². The highest BCUT2D eigenvalue weighted by atomic mass is 16.2. The zero-order valence-electron chi connectivity index (χ0n) is 20.5. The molecule has 7 rings (SSSR count). The van der Waals surface area contributed by atoms with Gasteiger partial charge in [-0.2, -0.15) is 0 Å². The molecule has 4 aliphatic rings. The van der Waals surface area contributed by atoms with E-state index in [-0.39, 0.29) is 23.8 Å². The van der Waals surface area contributed by atoms with Crippen molar-refractivity contribution < 1.29 is 9.59 Å². The lowest BCUT2D eigenvalue weighted by molar-refractivity contribution is -0.123. The molecule has 0 saturated carbocycles. The number of carbonyl (C=O) groups is 2. The first-order valence-electron chi connectivity index (χ1n) is 12.5. The number of imide groups is 1. The van der Waals surface area contributed by atoms with E-state index in [4.69, 9.17) is 0 Å². The van der Waals surface area contributed by atoms with E-state index in [9.17, 15) is 9.59 Å². The molecule has 1 aromatic heterocycles. The summed E-state index contributed by atoms with van der Waals surface area (Å²) in [4.78, 5) is 28.8. The zero-order valence-corrected chi connectivity index (χ0v) is 20.5. The number of nitrogens with zero attached hydrogens (tertiary/aromatic N) is 2. The van der Waals surface area contributed by atoms with Crippen molar-refractivity contribution >= 4 is 34.0 Å². The molecule has 0 spiro atoms. The average Bonchev–Trinajstić information content (AvgIpc) is 3.35. The Hall–Kier alpha value is -3.34. The number of aryl methyl sites for hydroxylation is 2. The fourth-order valence-corrected chi connectivity index (χ4v) is 6.51. The lowest BCUT2D eigenvalue weighted by Gasteiger charge is -2.33. The Balaban J connectivity index is 0.000000691. The highest BCUT2D eigenvalue weighted by Crippen LogP contribution is 2.61. The van der Waals surface area contributed by atoms with E-state index in [0.29, 0.717) is 17.2 Å². The summed E-state index contributed by atoms with van der Waals surface area (Å²) in [6.07, 6.45) is 2.27. The highest BCUT2D eigenvalue weighted by Gasteiger charge is 2.54. The number of anilines is 1. The minimum atomic E-state index is -0.250. The Morgan fingerprint density at radius 1 is 1.00 bits per heavy atom. The highest BCUT2D eigenvalue weighted by molar-refractivity contribution is 6.39. The third-order valence-corrected chi connectivity index (χ3v) is 7.71. The quantitative estimate of drug-likeness (QED) is 0.444. The normalized spacial score (nSPS) is 23.8. The number of nitrogens with one attached hydrogen (secondary N) is 1. The molecule has 0 fully saturated rings. The van der Waals surface area contributed by atoms with E-state index in [0.717, 1.165) is 35.0 Å². The molecule has 5 nitrogen and oxygen atoms in total. The van der Waals surface area contributed by atoms with Gasteiger partial charge in [-0.15, -0.1) is 0 Å². The lowest BCUT2D eigenvalue weighted by Crippen LogP contribution is -2.31. The van der Waals surface area contributed by atoms with Crippen molar-refractivity contribution in [1.29, 1.82) is 0 Å². The summed E-state index contributed by atoms with van der Waals surface area (Å²) in [7, 11) is 0. The van der Waals surface area contributed by atoms with Crippen LogP contribution in [0.1, 0.15) is 79.6 Å². The Labute approximate surface area is 200 Å². The smallest absolute Gasteiger partial charge is 0.259 e. The number of aromatic nitrogens is 1. The molecule has 3 aromatic rings. The molecule has 2 amide bonds. The first kappa shape index (κ1) is 21.2. The van der Waals surface area contributed by atoms with E-state index in [1.165, 1.54) is 28.9 Å². The number of amides is 2. The van der Waals surface area contributed by atoms with E-state index in [1.54, 1.807) is 0 Å². The standard InChI is InChI=1S/C26H23N3O2.C3H8/c1-12-4-6-17-15(10-12)19-21-22(26(31)27-25(21)30)20-16-11-13(2)5-7-18(16)29-14(3)8-9-28(17)23(19)24(20)29;1-3-2/h4-7,10-11,14,19,23H,8-9H2,1-3H3,(H,27,30,31);3H2,1-2H3. The summed E-state index contributed by atoms with van der Waals surface area (Å²) in [6.45, 7) is 11.6. The van der Waals surface area contributed by atoms with Crippen molar-refractivity contribution in [2.45, 2.75) is 65.5 Å². The summed E-state index contributed by atoms with van der Waals surface area (Å²) >= 11 is 0. The second-order valence-electron chi connectivity index (χ2n) is 10.2. The first-order valence-corrected chi connectivity index (χ1v) is 12.5. The van der Waals surface area contributed by atoms with Gasteiger partial charge in [0.15, 0.2) is 0 Å². The van der Waals surface area contributed by atoms with E-state index >= 15 is 0 Å². The SMILES string of the molecule is CCC.Cc1ccc2c(c1)C1C3=C(C(=O)NC3=O)c3c4n(c5ccc(C)cc35)C(C)CCN2C41. The number of hydrogen-bond acceptors (Lipinski definition) is 3. The molecule has 3 aliphatic heterocycles. The van der Waals surface area contributed by atoms with Crippen LogP contribution in [0.4, 0.5) is 5.69 Å². The molecule has 5 heteroatoms. The second-order valence-corrected chi connectivity index (χ2v) is 10.2. The number of rotatable bonds is 0. The van der Waals surface area contributed by atoms with Crippen LogP contribution in [0, 0.1) is 13.8 Å². The summed E-state index contributed by atoms with van der Waals surface area (Å²) < 4.78 is 2.46. The Morgan fingerprint density at radius 2 is 1.71 bits per heavy atom. The summed E-state index contributed by atoms with van der Waals surface area (Å²) in [6, 6.07) is 13.4. The van der Waals surface area contributed by atoms with E-state index in [2.05, 4.69) is 85.8 Å². The average molecular weight is 454 g/mol. The van der Waals surface area contributed by atoms with Gasteiger partial charge in [0.2, 0.25) is 0 Å². The molecular formula is C29H31N3O2. The van der Waals surface area contributed by atoms with Gasteiger partial charge in [-0.25, -0.2) is 0 Å². The number of fused-ring (bicyclic) bond motifs is 8. The lowest BCUT2D eigenvalue weighted by atomic mass is 9.76. The zero-order chi connectivity index (χ0) is 23.9. The monoisotopic (exact) mass is 453 g/mol. The molecule has 4 heterocycles. The van der Waals surface area contributed by atoms with Gasteiger partial charge in [0.1, 0.15) is 0 Å². The van der Waals surface area contributed by atoms with Gasteiger partial charge < -0.3 is 9.47 Å². The van der Waals surface area contributed by atoms with Crippen molar-refractivity contribution in [1.82, 2.24) is 9.88 Å². The maximum Gasteiger partial charge on any atom is 0.259 e. The van der Waals surface area contributed by atoms with Crippen LogP contribution >= 0.6 is 0 Å². The van der Waals surface area contributed by atoms with Crippen LogP contribution in [-0.4, -0.2) is 22.9 Å². The third-order valence-electron chi connectivity index (χ3n) is 7.71. The molecule has 34 heavy (non-hydrogen) atoms. The van der Waals surface area contributed by atoms with Crippen molar-refractivity contribution in [2.24, 2.45) is 0 Å². The van der Waals surface area contributed by atoms with Crippen LogP contribution < -0.4 is 10.2 Å². The molecule has 174 valence electrons. The summed E-state index contributed by atoms with van der Waals surface area (Å²) in [5.41, 5.74) is 9.31. The summed E-state index contributed by atoms with van der Waals surface area (Å²) in [5, 5.41) is 3.72. The Kier molecular flexibility index (Phi) is 4.57. The number of benzene rings is 2. The van der Waals surface area contributed by atoms with Crippen molar-refractivity contribution in [2.75, 3.05) is 11.4 Å². The topological polar surface area (TPSA) is 54.3 Å². The molecular weight excluding hydrogens is 422 g/mol. The molecule has 0 bridgehead atoms. The second kappa shape index (κ2) is 7.33.